The predicted molar refractivity (Wildman–Crippen MR) is 109 cm³/mol. The van der Waals surface area contributed by atoms with Crippen LogP contribution in [0.15, 0.2) is 30.5 Å². The molecule has 0 unspecified atom stereocenters. The highest BCUT2D eigenvalue weighted by Gasteiger charge is 2.21. The van der Waals surface area contributed by atoms with Gasteiger partial charge in [0.2, 0.25) is 0 Å². The second-order valence-electron chi connectivity index (χ2n) is 6.29. The summed E-state index contributed by atoms with van der Waals surface area (Å²) in [4.78, 5) is 29.0. The number of rotatable bonds is 6. The number of benzene rings is 1. The average Bonchev–Trinajstić information content (AvgIpc) is 2.99. The molecule has 0 saturated heterocycles. The van der Waals surface area contributed by atoms with E-state index in [2.05, 4.69) is 15.4 Å². The van der Waals surface area contributed by atoms with Crippen molar-refractivity contribution in [2.45, 2.75) is 26.5 Å². The summed E-state index contributed by atoms with van der Waals surface area (Å²) in [5.41, 5.74) is 1.77. The van der Waals surface area contributed by atoms with Crippen LogP contribution < -0.4 is 5.32 Å². The Labute approximate surface area is 176 Å². The highest BCUT2D eigenvalue weighted by atomic mass is 35.5. The van der Waals surface area contributed by atoms with Gasteiger partial charge in [-0.05, 0) is 38.1 Å². The largest absolute Gasteiger partial charge is 0.449 e. The summed E-state index contributed by atoms with van der Waals surface area (Å²) in [6.07, 6.45) is 0.281. The number of nitrogens with zero attached hydrogens (tertiary/aromatic N) is 3. The van der Waals surface area contributed by atoms with Gasteiger partial charge in [-0.1, -0.05) is 23.2 Å². The number of aliphatic hydroxyl groups is 1. The van der Waals surface area contributed by atoms with Crippen molar-refractivity contribution in [3.05, 3.63) is 51.8 Å². The molecule has 8 nitrogen and oxygen atoms in total. The quantitative estimate of drug-likeness (QED) is 0.574. The van der Waals surface area contributed by atoms with E-state index in [9.17, 15) is 9.59 Å². The van der Waals surface area contributed by atoms with E-state index in [1.54, 1.807) is 29.8 Å². The van der Waals surface area contributed by atoms with Crippen molar-refractivity contribution in [2.75, 3.05) is 11.9 Å². The number of aromatic nitrogens is 3. The van der Waals surface area contributed by atoms with Gasteiger partial charge in [0.1, 0.15) is 0 Å². The van der Waals surface area contributed by atoms with Gasteiger partial charge in [-0.2, -0.15) is 5.10 Å². The number of aliphatic hydroxyl groups excluding tert-OH is 1. The Morgan fingerprint density at radius 2 is 2.07 bits per heavy atom. The van der Waals surface area contributed by atoms with Crippen LogP contribution in [-0.4, -0.2) is 44.5 Å². The molecular formula is C19H18Cl2N4O4. The van der Waals surface area contributed by atoms with Crippen LogP contribution in [0.2, 0.25) is 10.0 Å². The van der Waals surface area contributed by atoms with Crippen molar-refractivity contribution >= 4 is 51.8 Å². The third-order valence-corrected chi connectivity index (χ3v) is 4.71. The fraction of sp³-hybridized carbons (Fsp3) is 0.263. The van der Waals surface area contributed by atoms with Crippen molar-refractivity contribution in [1.82, 2.24) is 14.8 Å². The highest BCUT2D eigenvalue weighted by molar-refractivity contribution is 6.36. The van der Waals surface area contributed by atoms with E-state index in [1.165, 1.54) is 19.2 Å². The van der Waals surface area contributed by atoms with Gasteiger partial charge in [-0.15, -0.1) is 0 Å². The van der Waals surface area contributed by atoms with E-state index in [0.29, 0.717) is 34.0 Å². The van der Waals surface area contributed by atoms with Crippen LogP contribution in [0.1, 0.15) is 23.0 Å². The number of carbonyl (C=O) groups excluding carboxylic acids is 2. The first kappa shape index (κ1) is 21.0. The number of hydrogen-bond donors (Lipinski definition) is 2. The number of fused-ring (bicyclic) bond motifs is 1. The second kappa shape index (κ2) is 8.77. The van der Waals surface area contributed by atoms with E-state index < -0.39 is 18.0 Å². The van der Waals surface area contributed by atoms with Gasteiger partial charge < -0.3 is 15.2 Å². The fourth-order valence-corrected chi connectivity index (χ4v) is 3.14. The topological polar surface area (TPSA) is 106 Å². The third-order valence-electron chi connectivity index (χ3n) is 4.16. The first-order chi connectivity index (χ1) is 13.8. The van der Waals surface area contributed by atoms with Gasteiger partial charge in [0.05, 0.1) is 35.1 Å². The Morgan fingerprint density at radius 1 is 1.31 bits per heavy atom. The SMILES string of the molecule is Cc1nn(CCO)c2ncc(C(=O)O[C@@H](C)C(=O)Nc3ccc(Cl)cc3Cl)cc12. The second-order valence-corrected chi connectivity index (χ2v) is 7.13. The Bertz CT molecular complexity index is 1080. The lowest BCUT2D eigenvalue weighted by Gasteiger charge is -2.14. The molecule has 29 heavy (non-hydrogen) atoms. The van der Waals surface area contributed by atoms with Crippen LogP contribution in [0.3, 0.4) is 0 Å². The number of esters is 1. The zero-order valence-electron chi connectivity index (χ0n) is 15.6. The molecule has 0 fully saturated rings. The number of halogens is 2. The summed E-state index contributed by atoms with van der Waals surface area (Å²) in [6, 6.07) is 6.23. The summed E-state index contributed by atoms with van der Waals surface area (Å²) in [7, 11) is 0. The maximum absolute atomic E-state index is 12.5. The maximum Gasteiger partial charge on any atom is 0.340 e. The highest BCUT2D eigenvalue weighted by Crippen LogP contribution is 2.25. The number of ether oxygens (including phenoxy) is 1. The molecule has 10 heteroatoms. The zero-order chi connectivity index (χ0) is 21.1. The Kier molecular flexibility index (Phi) is 6.36. The van der Waals surface area contributed by atoms with Crippen molar-refractivity contribution in [1.29, 1.82) is 0 Å². The summed E-state index contributed by atoms with van der Waals surface area (Å²) < 4.78 is 6.81. The summed E-state index contributed by atoms with van der Waals surface area (Å²) >= 11 is 11.9. The minimum atomic E-state index is -1.07. The van der Waals surface area contributed by atoms with Crippen molar-refractivity contribution in [2.24, 2.45) is 0 Å². The standard InChI is InChI=1S/C19H18Cl2N4O4/c1-10-14-7-12(9-22-17(14)25(24-10)5-6-26)19(28)29-11(2)18(27)23-16-4-3-13(20)8-15(16)21/h3-4,7-9,11,26H,5-6H2,1-2H3,(H,23,27)/t11-/m0/s1. The van der Waals surface area contributed by atoms with E-state index >= 15 is 0 Å². The first-order valence-corrected chi connectivity index (χ1v) is 9.46. The predicted octanol–water partition coefficient (Wildman–Crippen LogP) is 3.22. The number of carbonyl (C=O) groups is 2. The van der Waals surface area contributed by atoms with Crippen LogP contribution in [0.25, 0.3) is 11.0 Å². The Balaban J connectivity index is 1.71. The van der Waals surface area contributed by atoms with E-state index in [-0.39, 0.29) is 17.2 Å². The molecule has 1 atom stereocenters. The molecule has 2 heterocycles. The van der Waals surface area contributed by atoms with Gasteiger partial charge in [-0.25, -0.2) is 14.5 Å². The molecule has 1 amide bonds. The molecule has 2 N–H and O–H groups in total. The molecule has 0 saturated carbocycles. The maximum atomic E-state index is 12.5. The Hall–Kier alpha value is -2.68. The Morgan fingerprint density at radius 3 is 2.76 bits per heavy atom. The van der Waals surface area contributed by atoms with Crippen LogP contribution >= 0.6 is 23.2 Å². The van der Waals surface area contributed by atoms with Crippen LogP contribution in [-0.2, 0) is 16.1 Å². The lowest BCUT2D eigenvalue weighted by Crippen LogP contribution is -2.30. The van der Waals surface area contributed by atoms with Crippen LogP contribution in [0.5, 0.6) is 0 Å². The zero-order valence-corrected chi connectivity index (χ0v) is 17.2. The minimum Gasteiger partial charge on any atom is -0.449 e. The molecular weight excluding hydrogens is 419 g/mol. The van der Waals surface area contributed by atoms with E-state index in [1.807, 2.05) is 0 Å². The molecule has 1 aromatic carbocycles. The summed E-state index contributed by atoms with van der Waals surface area (Å²) in [6.45, 7) is 3.45. The van der Waals surface area contributed by atoms with Gasteiger partial charge in [0, 0.05) is 16.6 Å². The molecule has 0 aliphatic carbocycles. The molecule has 0 aliphatic rings. The van der Waals surface area contributed by atoms with Gasteiger partial charge in [0.25, 0.3) is 5.91 Å². The molecule has 0 radical (unpaired) electrons. The normalized spacial score (nSPS) is 12.0. The molecule has 0 bridgehead atoms. The molecule has 0 spiro atoms. The lowest BCUT2D eigenvalue weighted by molar-refractivity contribution is -0.123. The van der Waals surface area contributed by atoms with Gasteiger partial charge in [0.15, 0.2) is 11.8 Å². The molecule has 152 valence electrons. The third kappa shape index (κ3) is 4.67. The summed E-state index contributed by atoms with van der Waals surface area (Å²) in [5, 5.41) is 17.4. The van der Waals surface area contributed by atoms with E-state index in [0.717, 1.165) is 0 Å². The summed E-state index contributed by atoms with van der Waals surface area (Å²) in [5.74, 6) is -1.23. The number of aryl methyl sites for hydroxylation is 1. The lowest BCUT2D eigenvalue weighted by atomic mass is 10.2. The number of hydrogen-bond acceptors (Lipinski definition) is 6. The molecule has 2 aromatic heterocycles. The van der Waals surface area contributed by atoms with Crippen molar-refractivity contribution in [3.63, 3.8) is 0 Å². The number of amides is 1. The smallest absolute Gasteiger partial charge is 0.340 e. The van der Waals surface area contributed by atoms with Crippen LogP contribution in [0.4, 0.5) is 5.69 Å². The fourth-order valence-electron chi connectivity index (χ4n) is 2.68. The van der Waals surface area contributed by atoms with E-state index in [4.69, 9.17) is 33.0 Å². The van der Waals surface area contributed by atoms with Crippen molar-refractivity contribution in [3.8, 4) is 0 Å². The minimum absolute atomic E-state index is 0.0774. The number of nitrogens with one attached hydrogen (secondary N) is 1. The van der Waals surface area contributed by atoms with Gasteiger partial charge in [-0.3, -0.25) is 4.79 Å². The van der Waals surface area contributed by atoms with Gasteiger partial charge >= 0.3 is 5.97 Å². The molecule has 0 aliphatic heterocycles. The van der Waals surface area contributed by atoms with Crippen LogP contribution in [0, 0.1) is 6.92 Å². The van der Waals surface area contributed by atoms with Crippen molar-refractivity contribution < 1.29 is 19.4 Å². The molecule has 3 aromatic rings. The average molecular weight is 437 g/mol. The molecule has 3 rings (SSSR count). The number of anilines is 1. The monoisotopic (exact) mass is 436 g/mol. The number of pyridine rings is 1. The first-order valence-electron chi connectivity index (χ1n) is 8.71.